The minimum absolute atomic E-state index is 0.00157. The summed E-state index contributed by atoms with van der Waals surface area (Å²) < 4.78 is 5.47. The highest BCUT2D eigenvalue weighted by atomic mass is 16.5. The molecular formula is C27H32N2O4. The number of carbonyl (C=O) groups excluding carboxylic acids is 2. The molecule has 0 radical (unpaired) electrons. The van der Waals surface area contributed by atoms with Gasteiger partial charge in [-0.25, -0.2) is 0 Å². The number of carbonyl (C=O) groups is 2. The Morgan fingerprint density at radius 2 is 1.64 bits per heavy atom. The molecule has 174 valence electrons. The van der Waals surface area contributed by atoms with Gasteiger partial charge in [0.15, 0.2) is 11.6 Å². The van der Waals surface area contributed by atoms with Gasteiger partial charge in [0.2, 0.25) is 0 Å². The number of hydrogen-bond acceptors (Lipinski definition) is 6. The van der Waals surface area contributed by atoms with E-state index in [1.807, 2.05) is 58.9 Å². The van der Waals surface area contributed by atoms with Crippen molar-refractivity contribution in [3.8, 4) is 0 Å². The van der Waals surface area contributed by atoms with Gasteiger partial charge in [0, 0.05) is 32.1 Å². The van der Waals surface area contributed by atoms with Crippen molar-refractivity contribution >= 4 is 23.0 Å². The Morgan fingerprint density at radius 3 is 2.33 bits per heavy atom. The molecule has 0 aliphatic heterocycles. The van der Waals surface area contributed by atoms with Crippen molar-refractivity contribution in [2.45, 2.75) is 73.1 Å². The molecule has 2 aliphatic carbocycles. The molecule has 0 amide bonds. The highest BCUT2D eigenvalue weighted by Gasteiger charge is 2.38. The molecule has 6 heteroatoms. The first-order valence-corrected chi connectivity index (χ1v) is 11.5. The number of ketones is 2. The van der Waals surface area contributed by atoms with E-state index in [1.54, 1.807) is 0 Å². The number of benzene rings is 1. The lowest BCUT2D eigenvalue weighted by Crippen LogP contribution is -2.32. The van der Waals surface area contributed by atoms with Crippen LogP contribution in [0.5, 0.6) is 0 Å². The minimum atomic E-state index is -0.227. The molecule has 0 spiro atoms. The van der Waals surface area contributed by atoms with Crippen LogP contribution in [-0.4, -0.2) is 27.5 Å². The highest BCUT2D eigenvalue weighted by Crippen LogP contribution is 2.38. The number of rotatable bonds is 4. The average molecular weight is 449 g/mol. The van der Waals surface area contributed by atoms with E-state index in [2.05, 4.69) is 5.16 Å². The first kappa shape index (κ1) is 23.1. The van der Waals surface area contributed by atoms with Gasteiger partial charge in [-0.2, -0.15) is 0 Å². The van der Waals surface area contributed by atoms with Crippen LogP contribution in [0.25, 0.3) is 0 Å². The normalized spacial score (nSPS) is 22.4. The summed E-state index contributed by atoms with van der Waals surface area (Å²) in [7, 11) is 0. The maximum Gasteiger partial charge on any atom is 0.168 e. The number of hydrogen-bond donors (Lipinski definition) is 1. The van der Waals surface area contributed by atoms with Crippen molar-refractivity contribution in [2.24, 2.45) is 15.8 Å². The Kier molecular flexibility index (Phi) is 5.89. The molecule has 2 aromatic rings. The molecule has 1 aromatic carbocycles. The number of fused-ring (bicyclic) bond motifs is 1. The van der Waals surface area contributed by atoms with Gasteiger partial charge in [0.25, 0.3) is 0 Å². The van der Waals surface area contributed by atoms with Crippen LogP contribution in [0.4, 0.5) is 5.69 Å². The summed E-state index contributed by atoms with van der Waals surface area (Å²) in [5.74, 6) is 0.550. The van der Waals surface area contributed by atoms with Gasteiger partial charge in [0.05, 0.1) is 28.2 Å². The Hall–Kier alpha value is -3.02. The molecule has 0 atom stereocenters. The van der Waals surface area contributed by atoms with Gasteiger partial charge in [0.1, 0.15) is 11.5 Å². The fourth-order valence-electron chi connectivity index (χ4n) is 4.84. The number of aryl methyl sites for hydroxylation is 2. The van der Waals surface area contributed by atoms with Gasteiger partial charge in [-0.05, 0) is 36.3 Å². The summed E-state index contributed by atoms with van der Waals surface area (Å²) in [6.45, 7) is 10.2. The van der Waals surface area contributed by atoms with E-state index in [0.29, 0.717) is 60.4 Å². The quantitative estimate of drug-likeness (QED) is 0.454. The summed E-state index contributed by atoms with van der Waals surface area (Å²) in [4.78, 5) is 30.5. The Balaban J connectivity index is 1.63. The summed E-state index contributed by atoms with van der Waals surface area (Å²) in [6.07, 6.45) is 2.58. The summed E-state index contributed by atoms with van der Waals surface area (Å²) in [5.41, 5.74) is 3.53. The Labute approximate surface area is 194 Å². The second-order valence-electron chi connectivity index (χ2n) is 11.0. The van der Waals surface area contributed by atoms with Crippen molar-refractivity contribution in [1.82, 2.24) is 5.16 Å². The zero-order valence-electron chi connectivity index (χ0n) is 20.1. The van der Waals surface area contributed by atoms with Crippen LogP contribution in [0.2, 0.25) is 0 Å². The van der Waals surface area contributed by atoms with Crippen LogP contribution in [-0.2, 0) is 17.6 Å². The predicted octanol–water partition coefficient (Wildman–Crippen LogP) is 6.04. The Morgan fingerprint density at radius 1 is 1.00 bits per heavy atom. The van der Waals surface area contributed by atoms with Crippen LogP contribution in [0.15, 0.2) is 45.1 Å². The van der Waals surface area contributed by atoms with Crippen LogP contribution in [0, 0.1) is 17.8 Å². The second-order valence-corrected chi connectivity index (χ2v) is 11.0. The maximum absolute atomic E-state index is 13.0. The van der Waals surface area contributed by atoms with Crippen molar-refractivity contribution in [3.05, 3.63) is 58.2 Å². The molecule has 0 unspecified atom stereocenters. The fraction of sp³-hybridized carbons (Fsp3) is 0.481. The van der Waals surface area contributed by atoms with E-state index in [0.717, 1.165) is 11.3 Å². The van der Waals surface area contributed by atoms with Gasteiger partial charge >= 0.3 is 0 Å². The lowest BCUT2D eigenvalue weighted by Gasteiger charge is -2.31. The first-order valence-electron chi connectivity index (χ1n) is 11.5. The zero-order valence-corrected chi connectivity index (χ0v) is 20.1. The van der Waals surface area contributed by atoms with Crippen molar-refractivity contribution in [1.29, 1.82) is 0 Å². The van der Waals surface area contributed by atoms with Crippen molar-refractivity contribution in [3.63, 3.8) is 0 Å². The van der Waals surface area contributed by atoms with Crippen LogP contribution >= 0.6 is 0 Å². The highest BCUT2D eigenvalue weighted by molar-refractivity contribution is 6.25. The smallest absolute Gasteiger partial charge is 0.168 e. The topological polar surface area (TPSA) is 92.8 Å². The van der Waals surface area contributed by atoms with E-state index in [9.17, 15) is 14.7 Å². The molecule has 2 aliphatic rings. The zero-order chi connectivity index (χ0) is 24.0. The molecule has 4 rings (SSSR count). The molecule has 6 nitrogen and oxygen atoms in total. The average Bonchev–Trinajstić information content (AvgIpc) is 3.08. The molecular weight excluding hydrogens is 416 g/mol. The molecule has 1 aromatic heterocycles. The summed E-state index contributed by atoms with van der Waals surface area (Å²) in [5, 5.41) is 15.1. The Bertz CT molecular complexity index is 1160. The molecule has 1 N–H and O–H groups in total. The van der Waals surface area contributed by atoms with Gasteiger partial charge in [-0.15, -0.1) is 0 Å². The number of aliphatic hydroxyl groups excluding tert-OH is 1. The number of nitrogens with zero attached hydrogens (tertiary/aromatic N) is 2. The van der Waals surface area contributed by atoms with E-state index in [1.165, 1.54) is 0 Å². The minimum Gasteiger partial charge on any atom is -0.511 e. The molecule has 1 heterocycles. The molecule has 1 fully saturated rings. The van der Waals surface area contributed by atoms with Crippen molar-refractivity contribution < 1.29 is 19.2 Å². The van der Waals surface area contributed by atoms with E-state index >= 15 is 0 Å². The van der Waals surface area contributed by atoms with E-state index in [4.69, 9.17) is 9.52 Å². The lowest BCUT2D eigenvalue weighted by atomic mass is 9.73. The number of aromatic nitrogens is 1. The number of Topliss-reactive ketones (excluding diaryl/α,β-unsaturated/α-hetero) is 2. The van der Waals surface area contributed by atoms with Crippen LogP contribution < -0.4 is 0 Å². The number of aliphatic imine (C=N–C) groups is 1. The lowest BCUT2D eigenvalue weighted by molar-refractivity contribution is -0.117. The van der Waals surface area contributed by atoms with Crippen LogP contribution in [0.3, 0.4) is 0 Å². The first-order chi connectivity index (χ1) is 15.4. The predicted molar refractivity (Wildman–Crippen MR) is 127 cm³/mol. The SMILES string of the molecule is Cc1ccc(N=C2CC(C)(C)CC(=O)/C2=C(/O)CCc2noc3c2C(=O)CC(C)(C)C3)cc1. The van der Waals surface area contributed by atoms with Gasteiger partial charge < -0.3 is 9.63 Å². The van der Waals surface area contributed by atoms with Gasteiger partial charge in [-0.1, -0.05) is 50.5 Å². The van der Waals surface area contributed by atoms with Crippen molar-refractivity contribution in [2.75, 3.05) is 0 Å². The third kappa shape index (κ3) is 5.00. The molecule has 0 saturated heterocycles. The molecule has 0 bridgehead atoms. The van der Waals surface area contributed by atoms with Crippen LogP contribution in [0.1, 0.15) is 80.8 Å². The van der Waals surface area contributed by atoms with E-state index < -0.39 is 0 Å². The standard InChI is InChI=1S/C27H32N2O4/c1-16-6-8-17(9-7-16)28-19-12-26(2,3)13-21(31)24(19)20(30)11-10-18-25-22(32)14-27(4,5)15-23(25)33-29-18/h6-9,30H,10-15H2,1-5H3/b24-20+,28-19?. The number of aliphatic hydroxyl groups is 1. The molecule has 1 saturated carbocycles. The summed E-state index contributed by atoms with van der Waals surface area (Å²) >= 11 is 0. The number of allylic oxidation sites excluding steroid dienone is 2. The largest absolute Gasteiger partial charge is 0.511 e. The second kappa shape index (κ2) is 8.40. The van der Waals surface area contributed by atoms with Gasteiger partial charge in [-0.3, -0.25) is 14.6 Å². The summed E-state index contributed by atoms with van der Waals surface area (Å²) in [6, 6.07) is 7.78. The fourth-order valence-corrected chi connectivity index (χ4v) is 4.84. The molecule has 33 heavy (non-hydrogen) atoms. The monoisotopic (exact) mass is 448 g/mol. The van der Waals surface area contributed by atoms with E-state index in [-0.39, 0.29) is 34.6 Å². The third-order valence-corrected chi connectivity index (χ3v) is 6.43. The third-order valence-electron chi connectivity index (χ3n) is 6.43. The maximum atomic E-state index is 13.0.